The number of H-pyrrole nitrogens is 1. The Hall–Kier alpha value is -3.35. The van der Waals surface area contributed by atoms with Crippen molar-refractivity contribution in [3.63, 3.8) is 0 Å². The number of aromatic nitrogens is 2. The van der Waals surface area contributed by atoms with Crippen molar-refractivity contribution in [2.24, 2.45) is 0 Å². The van der Waals surface area contributed by atoms with Gasteiger partial charge in [-0.25, -0.2) is 9.59 Å². The fourth-order valence-corrected chi connectivity index (χ4v) is 2.86. The minimum Gasteiger partial charge on any atom is -0.465 e. The van der Waals surface area contributed by atoms with Crippen LogP contribution in [0.5, 0.6) is 0 Å². The quantitative estimate of drug-likeness (QED) is 0.709. The predicted molar refractivity (Wildman–Crippen MR) is 95.4 cm³/mol. The van der Waals surface area contributed by atoms with Crippen molar-refractivity contribution in [1.29, 1.82) is 0 Å². The molecule has 0 aliphatic rings. The van der Waals surface area contributed by atoms with E-state index in [0.717, 1.165) is 16.5 Å². The molecule has 0 aliphatic heterocycles. The van der Waals surface area contributed by atoms with Crippen LogP contribution in [0.15, 0.2) is 47.7 Å². The average molecular weight is 354 g/mol. The molecule has 0 fully saturated rings. The number of benzene rings is 1. The number of nitrogens with one attached hydrogen (secondary N) is 1. The topological polar surface area (TPSA) is 90.4 Å². The zero-order valence-electron chi connectivity index (χ0n) is 14.4. The molecule has 0 bridgehead atoms. The number of hydrogen-bond donors (Lipinski definition) is 1. The predicted octanol–water partition coefficient (Wildman–Crippen LogP) is 2.15. The number of esters is 2. The molecule has 3 aromatic rings. The lowest BCUT2D eigenvalue weighted by Crippen LogP contribution is -2.26. The van der Waals surface area contributed by atoms with Crippen molar-refractivity contribution in [2.45, 2.75) is 13.0 Å². The third-order valence-electron chi connectivity index (χ3n) is 4.20. The Labute approximate surface area is 149 Å². The van der Waals surface area contributed by atoms with Gasteiger partial charge in [0, 0.05) is 36.0 Å². The lowest BCUT2D eigenvalue weighted by molar-refractivity contribution is 0.0594. The van der Waals surface area contributed by atoms with Crippen LogP contribution in [0.3, 0.4) is 0 Å². The standard InChI is InChI=1S/C19H18N2O5/c1-25-18(23)14-10-21(11-15(17(14)22)19(24)26-2)8-7-12-9-20-16-6-4-3-5-13(12)16/h3-6,9-11,20H,7-8H2,1-2H3. The van der Waals surface area contributed by atoms with Gasteiger partial charge in [0.25, 0.3) is 0 Å². The van der Waals surface area contributed by atoms with Crippen LogP contribution in [0.4, 0.5) is 0 Å². The van der Waals surface area contributed by atoms with Gasteiger partial charge < -0.3 is 19.0 Å². The Kier molecular flexibility index (Phi) is 4.88. The summed E-state index contributed by atoms with van der Waals surface area (Å²) in [5.41, 5.74) is 1.03. The Balaban J connectivity index is 1.95. The number of ether oxygens (including phenoxy) is 2. The van der Waals surface area contributed by atoms with Crippen molar-refractivity contribution in [3.05, 3.63) is 69.8 Å². The number of fused-ring (bicyclic) bond motifs is 1. The lowest BCUT2D eigenvalue weighted by Gasteiger charge is -2.10. The zero-order valence-corrected chi connectivity index (χ0v) is 14.4. The summed E-state index contributed by atoms with van der Waals surface area (Å²) in [5.74, 6) is -1.58. The van der Waals surface area contributed by atoms with Gasteiger partial charge in [-0.3, -0.25) is 4.79 Å². The average Bonchev–Trinajstić information content (AvgIpc) is 3.09. The zero-order chi connectivity index (χ0) is 18.7. The molecule has 7 heteroatoms. The van der Waals surface area contributed by atoms with Gasteiger partial charge >= 0.3 is 11.9 Å². The summed E-state index contributed by atoms with van der Waals surface area (Å²) < 4.78 is 10.9. The third-order valence-corrected chi connectivity index (χ3v) is 4.20. The van der Waals surface area contributed by atoms with Crippen LogP contribution >= 0.6 is 0 Å². The normalized spacial score (nSPS) is 10.7. The maximum atomic E-state index is 12.3. The highest BCUT2D eigenvalue weighted by atomic mass is 16.5. The van der Waals surface area contributed by atoms with Crippen molar-refractivity contribution in [3.8, 4) is 0 Å². The second kappa shape index (κ2) is 7.26. The number of methoxy groups -OCH3 is 2. The van der Waals surface area contributed by atoms with Crippen molar-refractivity contribution < 1.29 is 19.1 Å². The van der Waals surface area contributed by atoms with Crippen LogP contribution in [-0.2, 0) is 22.4 Å². The maximum Gasteiger partial charge on any atom is 0.343 e. The molecule has 1 N–H and O–H groups in total. The number of para-hydroxylation sites is 1. The molecule has 0 aliphatic carbocycles. The van der Waals surface area contributed by atoms with E-state index >= 15 is 0 Å². The van der Waals surface area contributed by atoms with Crippen molar-refractivity contribution in [2.75, 3.05) is 14.2 Å². The summed E-state index contributed by atoms with van der Waals surface area (Å²) >= 11 is 0. The fraction of sp³-hybridized carbons (Fsp3) is 0.211. The van der Waals surface area contributed by atoms with E-state index in [0.29, 0.717) is 13.0 Å². The van der Waals surface area contributed by atoms with Gasteiger partial charge in [0.05, 0.1) is 14.2 Å². The first-order chi connectivity index (χ1) is 12.5. The fourth-order valence-electron chi connectivity index (χ4n) is 2.86. The molecule has 0 saturated carbocycles. The Morgan fingerprint density at radius 3 is 2.27 bits per heavy atom. The number of rotatable bonds is 5. The van der Waals surface area contributed by atoms with E-state index in [1.807, 2.05) is 30.5 Å². The van der Waals surface area contributed by atoms with Crippen LogP contribution in [0.2, 0.25) is 0 Å². The largest absolute Gasteiger partial charge is 0.465 e. The highest BCUT2D eigenvalue weighted by Gasteiger charge is 2.20. The molecular formula is C19H18N2O5. The SMILES string of the molecule is COC(=O)c1cn(CCc2c[nH]c3ccccc23)cc(C(=O)OC)c1=O. The smallest absolute Gasteiger partial charge is 0.343 e. The monoisotopic (exact) mass is 354 g/mol. The molecule has 0 amide bonds. The first kappa shape index (κ1) is 17.5. The van der Waals surface area contributed by atoms with Crippen LogP contribution in [-0.4, -0.2) is 35.7 Å². The lowest BCUT2D eigenvalue weighted by atomic mass is 10.1. The second-order valence-electron chi connectivity index (χ2n) is 5.75. The molecular weight excluding hydrogens is 336 g/mol. The number of aryl methyl sites for hydroxylation is 2. The van der Waals surface area contributed by atoms with Gasteiger partial charge in [-0.05, 0) is 18.1 Å². The summed E-state index contributed by atoms with van der Waals surface area (Å²) in [5, 5.41) is 1.11. The van der Waals surface area contributed by atoms with Gasteiger partial charge in [-0.2, -0.15) is 0 Å². The van der Waals surface area contributed by atoms with E-state index in [1.54, 1.807) is 4.57 Å². The first-order valence-corrected chi connectivity index (χ1v) is 8.01. The number of carbonyl (C=O) groups is 2. The molecule has 2 aromatic heterocycles. The van der Waals surface area contributed by atoms with E-state index in [9.17, 15) is 14.4 Å². The summed E-state index contributed by atoms with van der Waals surface area (Å²) in [6.07, 6.45) is 5.37. The molecule has 26 heavy (non-hydrogen) atoms. The number of carbonyl (C=O) groups excluding carboxylic acids is 2. The van der Waals surface area contributed by atoms with E-state index in [1.165, 1.54) is 26.6 Å². The summed E-state index contributed by atoms with van der Waals surface area (Å²) in [6.45, 7) is 0.468. The van der Waals surface area contributed by atoms with Crippen LogP contribution in [0.1, 0.15) is 26.3 Å². The molecule has 0 unspecified atom stereocenters. The van der Waals surface area contributed by atoms with Gasteiger partial charge in [0.2, 0.25) is 5.43 Å². The molecule has 1 aromatic carbocycles. The van der Waals surface area contributed by atoms with Gasteiger partial charge in [0.15, 0.2) is 0 Å². The summed E-state index contributed by atoms with van der Waals surface area (Å²) in [7, 11) is 2.37. The number of nitrogens with zero attached hydrogens (tertiary/aromatic N) is 1. The molecule has 2 heterocycles. The second-order valence-corrected chi connectivity index (χ2v) is 5.75. The highest BCUT2D eigenvalue weighted by molar-refractivity contribution is 5.94. The van der Waals surface area contributed by atoms with Crippen LogP contribution in [0.25, 0.3) is 10.9 Å². The van der Waals surface area contributed by atoms with E-state index in [4.69, 9.17) is 0 Å². The highest BCUT2D eigenvalue weighted by Crippen LogP contribution is 2.18. The number of pyridine rings is 1. The van der Waals surface area contributed by atoms with E-state index in [-0.39, 0.29) is 11.1 Å². The third kappa shape index (κ3) is 3.23. The van der Waals surface area contributed by atoms with Gasteiger partial charge in [-0.15, -0.1) is 0 Å². The molecule has 0 spiro atoms. The van der Waals surface area contributed by atoms with E-state index in [2.05, 4.69) is 14.5 Å². The van der Waals surface area contributed by atoms with Gasteiger partial charge in [0.1, 0.15) is 11.1 Å². The number of aromatic amines is 1. The molecule has 3 rings (SSSR count). The molecule has 0 saturated heterocycles. The Morgan fingerprint density at radius 2 is 1.65 bits per heavy atom. The van der Waals surface area contributed by atoms with E-state index < -0.39 is 17.4 Å². The summed E-state index contributed by atoms with van der Waals surface area (Å²) in [6, 6.07) is 7.93. The van der Waals surface area contributed by atoms with Gasteiger partial charge in [-0.1, -0.05) is 18.2 Å². The molecule has 134 valence electrons. The first-order valence-electron chi connectivity index (χ1n) is 8.01. The molecule has 7 nitrogen and oxygen atoms in total. The summed E-state index contributed by atoms with van der Waals surface area (Å²) in [4.78, 5) is 39.2. The maximum absolute atomic E-state index is 12.3. The number of hydrogen-bond acceptors (Lipinski definition) is 5. The molecule has 0 atom stereocenters. The minimum atomic E-state index is -0.790. The van der Waals surface area contributed by atoms with Crippen LogP contribution in [0, 0.1) is 0 Å². The Bertz CT molecular complexity index is 992. The minimum absolute atomic E-state index is 0.200. The molecule has 0 radical (unpaired) electrons. The van der Waals surface area contributed by atoms with Crippen LogP contribution < -0.4 is 5.43 Å². The Morgan fingerprint density at radius 1 is 1.04 bits per heavy atom. The van der Waals surface area contributed by atoms with Crippen molar-refractivity contribution in [1.82, 2.24) is 9.55 Å². The van der Waals surface area contributed by atoms with Crippen molar-refractivity contribution >= 4 is 22.8 Å².